The number of nitrogens with zero attached hydrogens (tertiary/aromatic N) is 2. The van der Waals surface area contributed by atoms with Crippen molar-refractivity contribution in [2.45, 2.75) is 46.1 Å². The molecule has 116 valence electrons. The summed E-state index contributed by atoms with van der Waals surface area (Å²) in [5.41, 5.74) is 7.84. The molecule has 1 atom stereocenters. The fourth-order valence-corrected chi connectivity index (χ4v) is 2.81. The molecule has 0 bridgehead atoms. The molecule has 2 N–H and O–H groups in total. The van der Waals surface area contributed by atoms with Crippen molar-refractivity contribution in [1.29, 1.82) is 0 Å². The number of fused-ring (bicyclic) bond motifs is 1. The van der Waals surface area contributed by atoms with E-state index in [1.165, 1.54) is 5.52 Å². The molecule has 21 heavy (non-hydrogen) atoms. The highest BCUT2D eigenvalue weighted by Crippen LogP contribution is 2.26. The minimum absolute atomic E-state index is 0.406. The van der Waals surface area contributed by atoms with Crippen molar-refractivity contribution in [2.75, 3.05) is 13.7 Å². The van der Waals surface area contributed by atoms with E-state index in [-0.39, 0.29) is 0 Å². The Morgan fingerprint density at radius 2 is 2.00 bits per heavy atom. The molecule has 0 aliphatic rings. The molecule has 4 nitrogen and oxygen atoms in total. The van der Waals surface area contributed by atoms with Gasteiger partial charge >= 0.3 is 0 Å². The number of rotatable bonds is 7. The molecule has 0 fully saturated rings. The first-order valence-electron chi connectivity index (χ1n) is 7.81. The number of ether oxygens (including phenoxy) is 1. The number of imidazole rings is 1. The van der Waals surface area contributed by atoms with Crippen LogP contribution < -0.4 is 10.5 Å². The lowest BCUT2D eigenvalue weighted by atomic mass is 10.0. The Kier molecular flexibility index (Phi) is 5.23. The average Bonchev–Trinajstić information content (AvgIpc) is 2.82. The van der Waals surface area contributed by atoms with Gasteiger partial charge in [-0.05, 0) is 51.3 Å². The van der Waals surface area contributed by atoms with Gasteiger partial charge in [0.05, 0.1) is 18.1 Å². The largest absolute Gasteiger partial charge is 0.497 e. The summed E-state index contributed by atoms with van der Waals surface area (Å²) in [6.45, 7) is 7.44. The van der Waals surface area contributed by atoms with Crippen LogP contribution in [0.3, 0.4) is 0 Å². The van der Waals surface area contributed by atoms with Crippen LogP contribution in [0.25, 0.3) is 11.0 Å². The van der Waals surface area contributed by atoms with Crippen molar-refractivity contribution < 1.29 is 4.74 Å². The molecular formula is C17H27N3O. The third-order valence-corrected chi connectivity index (χ3v) is 4.01. The number of aromatic nitrogens is 2. The topological polar surface area (TPSA) is 53.1 Å². The highest BCUT2D eigenvalue weighted by molar-refractivity contribution is 5.78. The lowest BCUT2D eigenvalue weighted by Crippen LogP contribution is -2.10. The molecule has 0 amide bonds. The van der Waals surface area contributed by atoms with E-state index < -0.39 is 0 Å². The number of aryl methyl sites for hydroxylation is 1. The van der Waals surface area contributed by atoms with Crippen LogP contribution >= 0.6 is 0 Å². The Morgan fingerprint density at radius 1 is 1.24 bits per heavy atom. The predicted octanol–water partition coefficient (Wildman–Crippen LogP) is 3.54. The van der Waals surface area contributed by atoms with Crippen molar-refractivity contribution in [3.8, 4) is 5.75 Å². The summed E-state index contributed by atoms with van der Waals surface area (Å²) < 4.78 is 7.64. The molecule has 2 aromatic rings. The van der Waals surface area contributed by atoms with Crippen LogP contribution in [0.1, 0.15) is 45.5 Å². The average molecular weight is 289 g/mol. The molecule has 1 unspecified atom stereocenters. The minimum atomic E-state index is 0.406. The molecule has 1 aromatic carbocycles. The molecular weight excluding hydrogens is 262 g/mol. The first-order chi connectivity index (χ1) is 10.1. The maximum atomic E-state index is 5.64. The van der Waals surface area contributed by atoms with E-state index in [1.54, 1.807) is 7.11 Å². The lowest BCUT2D eigenvalue weighted by Gasteiger charge is -2.15. The molecule has 0 spiro atoms. The van der Waals surface area contributed by atoms with Gasteiger partial charge in [-0.3, -0.25) is 0 Å². The maximum Gasteiger partial charge on any atom is 0.121 e. The van der Waals surface area contributed by atoms with Gasteiger partial charge < -0.3 is 15.0 Å². The second-order valence-corrected chi connectivity index (χ2v) is 6.07. The number of hydrogen-bond donors (Lipinski definition) is 1. The third kappa shape index (κ3) is 3.56. The maximum absolute atomic E-state index is 5.64. The highest BCUT2D eigenvalue weighted by Gasteiger charge is 2.14. The summed E-state index contributed by atoms with van der Waals surface area (Å²) >= 11 is 0. The molecule has 0 saturated heterocycles. The van der Waals surface area contributed by atoms with E-state index in [0.29, 0.717) is 12.0 Å². The zero-order valence-corrected chi connectivity index (χ0v) is 13.6. The minimum Gasteiger partial charge on any atom is -0.497 e. The van der Waals surface area contributed by atoms with Gasteiger partial charge in [0.2, 0.25) is 0 Å². The van der Waals surface area contributed by atoms with Crippen LogP contribution in [-0.4, -0.2) is 23.2 Å². The van der Waals surface area contributed by atoms with Gasteiger partial charge in [-0.2, -0.15) is 0 Å². The third-order valence-electron chi connectivity index (χ3n) is 4.01. The van der Waals surface area contributed by atoms with Gasteiger partial charge in [0, 0.05) is 18.5 Å². The summed E-state index contributed by atoms with van der Waals surface area (Å²) in [5.74, 6) is 2.67. The number of nitrogens with two attached hydrogens (primary N) is 1. The van der Waals surface area contributed by atoms with E-state index >= 15 is 0 Å². The molecule has 0 aliphatic carbocycles. The van der Waals surface area contributed by atoms with E-state index in [1.807, 2.05) is 12.1 Å². The SMILES string of the molecule is COc1ccc2c(c1)nc(CCC(C)CCN)n2C(C)C. The van der Waals surface area contributed by atoms with Gasteiger partial charge in [0.15, 0.2) is 0 Å². The zero-order valence-electron chi connectivity index (χ0n) is 13.6. The van der Waals surface area contributed by atoms with Crippen molar-refractivity contribution in [2.24, 2.45) is 11.7 Å². The second-order valence-electron chi connectivity index (χ2n) is 6.07. The van der Waals surface area contributed by atoms with Gasteiger partial charge in [0.25, 0.3) is 0 Å². The molecule has 0 saturated carbocycles. The highest BCUT2D eigenvalue weighted by atomic mass is 16.5. The normalized spacial score (nSPS) is 13.0. The van der Waals surface area contributed by atoms with Crippen molar-refractivity contribution in [1.82, 2.24) is 9.55 Å². The lowest BCUT2D eigenvalue weighted by molar-refractivity contribution is 0.415. The molecule has 4 heteroatoms. The fraction of sp³-hybridized carbons (Fsp3) is 0.588. The van der Waals surface area contributed by atoms with Gasteiger partial charge in [0.1, 0.15) is 11.6 Å². The Morgan fingerprint density at radius 3 is 2.62 bits per heavy atom. The van der Waals surface area contributed by atoms with Crippen LogP contribution in [-0.2, 0) is 6.42 Å². The van der Waals surface area contributed by atoms with Gasteiger partial charge in [-0.25, -0.2) is 4.98 Å². The first kappa shape index (κ1) is 15.8. The summed E-state index contributed by atoms with van der Waals surface area (Å²) in [5, 5.41) is 0. The van der Waals surface area contributed by atoms with Crippen molar-refractivity contribution in [3.05, 3.63) is 24.0 Å². The van der Waals surface area contributed by atoms with Gasteiger partial charge in [-0.15, -0.1) is 0 Å². The van der Waals surface area contributed by atoms with E-state index in [0.717, 1.165) is 42.9 Å². The predicted molar refractivity (Wildman–Crippen MR) is 87.8 cm³/mol. The summed E-state index contributed by atoms with van der Waals surface area (Å²) in [7, 11) is 1.69. The van der Waals surface area contributed by atoms with Crippen molar-refractivity contribution in [3.63, 3.8) is 0 Å². The number of methoxy groups -OCH3 is 1. The van der Waals surface area contributed by atoms with Crippen LogP contribution in [0.5, 0.6) is 5.75 Å². The number of hydrogen-bond acceptors (Lipinski definition) is 3. The Labute approximate surface area is 127 Å². The van der Waals surface area contributed by atoms with Crippen LogP contribution in [0.2, 0.25) is 0 Å². The Bertz CT molecular complexity index is 589. The van der Waals surface area contributed by atoms with Crippen LogP contribution in [0, 0.1) is 5.92 Å². The molecule has 0 radical (unpaired) electrons. The smallest absolute Gasteiger partial charge is 0.121 e. The van der Waals surface area contributed by atoms with E-state index in [9.17, 15) is 0 Å². The molecule has 2 rings (SSSR count). The first-order valence-corrected chi connectivity index (χ1v) is 7.81. The number of benzene rings is 1. The summed E-state index contributed by atoms with van der Waals surface area (Å²) in [4.78, 5) is 4.83. The quantitative estimate of drug-likeness (QED) is 0.848. The second kappa shape index (κ2) is 6.94. The monoisotopic (exact) mass is 289 g/mol. The Balaban J connectivity index is 2.31. The fourth-order valence-electron chi connectivity index (χ4n) is 2.81. The molecule has 1 heterocycles. The van der Waals surface area contributed by atoms with Crippen LogP contribution in [0.15, 0.2) is 18.2 Å². The van der Waals surface area contributed by atoms with Gasteiger partial charge in [-0.1, -0.05) is 6.92 Å². The standard InChI is InChI=1S/C17H27N3O/c1-12(2)20-16-7-6-14(21-4)11-15(16)19-17(20)8-5-13(3)9-10-18/h6-7,11-13H,5,8-10,18H2,1-4H3. The summed E-state index contributed by atoms with van der Waals surface area (Å²) in [6.07, 6.45) is 3.20. The molecule has 1 aromatic heterocycles. The van der Waals surface area contributed by atoms with Crippen LogP contribution in [0.4, 0.5) is 0 Å². The summed E-state index contributed by atoms with van der Waals surface area (Å²) in [6, 6.07) is 6.53. The molecule has 0 aliphatic heterocycles. The van der Waals surface area contributed by atoms with Crippen molar-refractivity contribution >= 4 is 11.0 Å². The zero-order chi connectivity index (χ0) is 15.4. The Hall–Kier alpha value is -1.55. The van der Waals surface area contributed by atoms with E-state index in [4.69, 9.17) is 15.5 Å². The van der Waals surface area contributed by atoms with E-state index in [2.05, 4.69) is 31.4 Å².